The molecule has 0 fully saturated rings. The molecule has 0 saturated heterocycles. The zero-order chi connectivity index (χ0) is 7.98. The van der Waals surface area contributed by atoms with Gasteiger partial charge in [0.15, 0.2) is 0 Å². The molecule has 0 spiro atoms. The second kappa shape index (κ2) is 5.65. The van der Waals surface area contributed by atoms with Crippen molar-refractivity contribution in [3.05, 3.63) is 0 Å². The molecular formula is C7H18N2O. The lowest BCUT2D eigenvalue weighted by Gasteiger charge is -2.16. The van der Waals surface area contributed by atoms with Gasteiger partial charge in [-0.25, -0.2) is 0 Å². The molecular weight excluding hydrogens is 128 g/mol. The van der Waals surface area contributed by atoms with E-state index in [9.17, 15) is 0 Å². The summed E-state index contributed by atoms with van der Waals surface area (Å²) < 4.78 is 0. The van der Waals surface area contributed by atoms with E-state index < -0.39 is 6.23 Å². The summed E-state index contributed by atoms with van der Waals surface area (Å²) in [6.45, 7) is 3.98. The van der Waals surface area contributed by atoms with Gasteiger partial charge in [-0.05, 0) is 12.8 Å². The average Bonchev–Trinajstić information content (AvgIpc) is 1.88. The minimum atomic E-state index is -0.443. The lowest BCUT2D eigenvalue weighted by Crippen LogP contribution is -2.43. The Morgan fingerprint density at radius 1 is 1.50 bits per heavy atom. The van der Waals surface area contributed by atoms with Crippen molar-refractivity contribution in [2.75, 3.05) is 0 Å². The van der Waals surface area contributed by atoms with Gasteiger partial charge in [0, 0.05) is 0 Å². The summed E-state index contributed by atoms with van der Waals surface area (Å²) in [7, 11) is 0. The zero-order valence-electron chi connectivity index (χ0n) is 6.80. The summed E-state index contributed by atoms with van der Waals surface area (Å²) in [6.07, 6.45) is 2.17. The Morgan fingerprint density at radius 2 is 2.10 bits per heavy atom. The molecule has 0 aromatic carbocycles. The number of aliphatic hydroxyl groups excluding tert-OH is 1. The van der Waals surface area contributed by atoms with Crippen molar-refractivity contribution in [2.45, 2.75) is 45.5 Å². The van der Waals surface area contributed by atoms with Gasteiger partial charge in [0.05, 0.1) is 6.17 Å². The SMILES string of the molecule is CCCC(N)NC(O)CC. The highest BCUT2D eigenvalue weighted by molar-refractivity contribution is 4.59. The van der Waals surface area contributed by atoms with E-state index in [2.05, 4.69) is 12.2 Å². The molecule has 0 aliphatic heterocycles. The van der Waals surface area contributed by atoms with E-state index in [0.29, 0.717) is 6.42 Å². The first-order chi connectivity index (χ1) is 4.70. The Hall–Kier alpha value is -0.120. The van der Waals surface area contributed by atoms with Crippen molar-refractivity contribution in [1.29, 1.82) is 0 Å². The van der Waals surface area contributed by atoms with Crippen LogP contribution in [0.4, 0.5) is 0 Å². The molecule has 4 N–H and O–H groups in total. The Labute approximate surface area is 62.6 Å². The van der Waals surface area contributed by atoms with Gasteiger partial charge >= 0.3 is 0 Å². The summed E-state index contributed by atoms with van der Waals surface area (Å²) in [5, 5.41) is 11.9. The number of nitrogens with one attached hydrogen (secondary N) is 1. The highest BCUT2D eigenvalue weighted by atomic mass is 16.3. The number of hydrogen-bond acceptors (Lipinski definition) is 3. The van der Waals surface area contributed by atoms with Crippen LogP contribution in [-0.2, 0) is 0 Å². The van der Waals surface area contributed by atoms with Crippen molar-refractivity contribution in [2.24, 2.45) is 5.73 Å². The van der Waals surface area contributed by atoms with Crippen molar-refractivity contribution in [3.63, 3.8) is 0 Å². The fourth-order valence-corrected chi connectivity index (χ4v) is 0.759. The monoisotopic (exact) mass is 146 g/mol. The molecule has 0 heterocycles. The molecule has 10 heavy (non-hydrogen) atoms. The Balaban J connectivity index is 3.27. The van der Waals surface area contributed by atoms with Crippen LogP contribution < -0.4 is 11.1 Å². The molecule has 62 valence electrons. The first-order valence-corrected chi connectivity index (χ1v) is 3.90. The van der Waals surface area contributed by atoms with E-state index in [1.54, 1.807) is 0 Å². The van der Waals surface area contributed by atoms with Crippen LogP contribution in [-0.4, -0.2) is 17.5 Å². The maximum absolute atomic E-state index is 9.06. The Morgan fingerprint density at radius 3 is 2.50 bits per heavy atom. The molecule has 0 radical (unpaired) electrons. The number of rotatable bonds is 5. The summed E-state index contributed by atoms with van der Waals surface area (Å²) in [5.74, 6) is 0. The topological polar surface area (TPSA) is 58.3 Å². The van der Waals surface area contributed by atoms with Gasteiger partial charge in [-0.2, -0.15) is 0 Å². The van der Waals surface area contributed by atoms with Gasteiger partial charge in [0.2, 0.25) is 0 Å². The van der Waals surface area contributed by atoms with Crippen molar-refractivity contribution in [3.8, 4) is 0 Å². The maximum atomic E-state index is 9.06. The first-order valence-electron chi connectivity index (χ1n) is 3.90. The molecule has 0 aromatic heterocycles. The highest BCUT2D eigenvalue weighted by Gasteiger charge is 2.04. The quantitative estimate of drug-likeness (QED) is 0.492. The van der Waals surface area contributed by atoms with Gasteiger partial charge in [0.25, 0.3) is 0 Å². The Kier molecular flexibility index (Phi) is 5.58. The molecule has 3 nitrogen and oxygen atoms in total. The third kappa shape index (κ3) is 4.73. The predicted molar refractivity (Wildman–Crippen MR) is 42.3 cm³/mol. The van der Waals surface area contributed by atoms with E-state index in [4.69, 9.17) is 10.8 Å². The molecule has 0 rings (SSSR count). The van der Waals surface area contributed by atoms with Crippen LogP contribution in [0.1, 0.15) is 33.1 Å². The highest BCUT2D eigenvalue weighted by Crippen LogP contribution is 1.92. The van der Waals surface area contributed by atoms with Crippen LogP contribution >= 0.6 is 0 Å². The molecule has 0 aliphatic rings. The summed E-state index contributed by atoms with van der Waals surface area (Å²) >= 11 is 0. The normalized spacial score (nSPS) is 16.8. The number of hydrogen-bond donors (Lipinski definition) is 3. The fourth-order valence-electron chi connectivity index (χ4n) is 0.759. The van der Waals surface area contributed by atoms with Crippen molar-refractivity contribution in [1.82, 2.24) is 5.32 Å². The van der Waals surface area contributed by atoms with E-state index in [1.165, 1.54) is 0 Å². The molecule has 0 saturated carbocycles. The van der Waals surface area contributed by atoms with Crippen LogP contribution in [0.5, 0.6) is 0 Å². The van der Waals surface area contributed by atoms with Gasteiger partial charge in [-0.3, -0.25) is 5.32 Å². The second-order valence-electron chi connectivity index (χ2n) is 2.49. The smallest absolute Gasteiger partial charge is 0.105 e. The molecule has 2 atom stereocenters. The van der Waals surface area contributed by atoms with Gasteiger partial charge in [-0.1, -0.05) is 20.3 Å². The summed E-state index contributed by atoms with van der Waals surface area (Å²) in [5.41, 5.74) is 5.59. The average molecular weight is 146 g/mol. The lowest BCUT2D eigenvalue weighted by atomic mass is 10.3. The van der Waals surface area contributed by atoms with E-state index in [0.717, 1.165) is 12.8 Å². The molecule has 0 amide bonds. The van der Waals surface area contributed by atoms with E-state index in [1.807, 2.05) is 6.92 Å². The molecule has 3 heteroatoms. The minimum absolute atomic E-state index is 0.0556. The van der Waals surface area contributed by atoms with Crippen LogP contribution in [0.15, 0.2) is 0 Å². The number of aliphatic hydroxyl groups is 1. The van der Waals surface area contributed by atoms with Gasteiger partial charge in [0.1, 0.15) is 6.23 Å². The van der Waals surface area contributed by atoms with Crippen LogP contribution in [0.2, 0.25) is 0 Å². The second-order valence-corrected chi connectivity index (χ2v) is 2.49. The van der Waals surface area contributed by atoms with Crippen molar-refractivity contribution >= 4 is 0 Å². The maximum Gasteiger partial charge on any atom is 0.105 e. The van der Waals surface area contributed by atoms with Crippen molar-refractivity contribution < 1.29 is 5.11 Å². The molecule has 2 unspecified atom stereocenters. The van der Waals surface area contributed by atoms with E-state index in [-0.39, 0.29) is 6.17 Å². The van der Waals surface area contributed by atoms with Crippen LogP contribution in [0.3, 0.4) is 0 Å². The largest absolute Gasteiger partial charge is 0.379 e. The molecule has 0 aromatic rings. The lowest BCUT2D eigenvalue weighted by molar-refractivity contribution is 0.117. The predicted octanol–water partition coefficient (Wildman–Crippen LogP) is 0.389. The van der Waals surface area contributed by atoms with E-state index >= 15 is 0 Å². The molecule has 0 bridgehead atoms. The minimum Gasteiger partial charge on any atom is -0.379 e. The Bertz CT molecular complexity index is 78.0. The van der Waals surface area contributed by atoms with Crippen LogP contribution in [0.25, 0.3) is 0 Å². The first kappa shape index (κ1) is 9.88. The summed E-state index contributed by atoms with van der Waals surface area (Å²) in [4.78, 5) is 0. The van der Waals surface area contributed by atoms with Gasteiger partial charge in [-0.15, -0.1) is 0 Å². The summed E-state index contributed by atoms with van der Waals surface area (Å²) in [6, 6.07) is 0. The zero-order valence-corrected chi connectivity index (χ0v) is 6.80. The standard InChI is InChI=1S/C7H18N2O/c1-3-5-6(8)9-7(10)4-2/h6-7,9-10H,3-5,8H2,1-2H3. The molecule has 0 aliphatic carbocycles. The third-order valence-corrected chi connectivity index (χ3v) is 1.39. The number of nitrogens with two attached hydrogens (primary N) is 1. The van der Waals surface area contributed by atoms with Gasteiger partial charge < -0.3 is 10.8 Å². The fraction of sp³-hybridized carbons (Fsp3) is 1.00. The van der Waals surface area contributed by atoms with Crippen LogP contribution in [0, 0.1) is 0 Å². The third-order valence-electron chi connectivity index (χ3n) is 1.39.